The molecule has 0 saturated carbocycles. The lowest BCUT2D eigenvalue weighted by Gasteiger charge is -2.23. The number of fused-ring (bicyclic) bond motifs is 6. The van der Waals surface area contributed by atoms with Crippen LogP contribution >= 0.6 is 11.3 Å². The molecule has 0 bridgehead atoms. The van der Waals surface area contributed by atoms with Gasteiger partial charge in [-0.05, 0) is 70.0 Å². The third-order valence-electron chi connectivity index (χ3n) is 6.44. The minimum atomic E-state index is 0.0577. The van der Waals surface area contributed by atoms with Gasteiger partial charge in [0.1, 0.15) is 0 Å². The molecule has 0 amide bonds. The van der Waals surface area contributed by atoms with E-state index in [2.05, 4.69) is 74.3 Å². The van der Waals surface area contributed by atoms with Gasteiger partial charge in [0.15, 0.2) is 0 Å². The first-order chi connectivity index (χ1) is 15.0. The number of hydrogen-bond acceptors (Lipinski definition) is 3. The molecule has 3 heterocycles. The number of rotatable bonds is 1. The highest BCUT2D eigenvalue weighted by Gasteiger charge is 2.25. The Morgan fingerprint density at radius 2 is 1.81 bits per heavy atom. The summed E-state index contributed by atoms with van der Waals surface area (Å²) >= 11 is 1.88. The quantitative estimate of drug-likeness (QED) is 0.279. The smallest absolute Gasteiger partial charge is 0.0792 e. The minimum Gasteiger partial charge on any atom is -0.264 e. The third-order valence-corrected chi connectivity index (χ3v) is 7.67. The second kappa shape index (κ2) is 6.73. The van der Waals surface area contributed by atoms with E-state index in [0.29, 0.717) is 0 Å². The van der Waals surface area contributed by atoms with Crippen molar-refractivity contribution >= 4 is 32.2 Å². The van der Waals surface area contributed by atoms with Crippen molar-refractivity contribution in [2.45, 2.75) is 39.0 Å². The molecule has 0 saturated heterocycles. The van der Waals surface area contributed by atoms with Gasteiger partial charge in [-0.2, -0.15) is 0 Å². The van der Waals surface area contributed by atoms with Crippen LogP contribution in [-0.4, -0.2) is 9.97 Å². The lowest BCUT2D eigenvalue weighted by atomic mass is 9.82. The Kier molecular flexibility index (Phi) is 4.06. The molecule has 2 aromatic carbocycles. The van der Waals surface area contributed by atoms with Crippen molar-refractivity contribution in [2.75, 3.05) is 0 Å². The Morgan fingerprint density at radius 1 is 0.935 bits per heavy atom. The molecule has 5 aromatic rings. The van der Waals surface area contributed by atoms with Crippen molar-refractivity contribution in [1.82, 2.24) is 9.97 Å². The van der Waals surface area contributed by atoms with Crippen molar-refractivity contribution in [3.05, 3.63) is 83.8 Å². The summed E-state index contributed by atoms with van der Waals surface area (Å²) in [5.74, 6) is 0. The number of nitrogens with zero attached hydrogens (tertiary/aromatic N) is 2. The first kappa shape index (κ1) is 18.7. The second-order valence-corrected chi connectivity index (χ2v) is 10.5. The lowest BCUT2D eigenvalue weighted by molar-refractivity contribution is 0.596. The van der Waals surface area contributed by atoms with Gasteiger partial charge in [-0.3, -0.25) is 9.97 Å². The average molecular weight is 421 g/mol. The molecule has 31 heavy (non-hydrogen) atoms. The number of pyridine rings is 2. The van der Waals surface area contributed by atoms with Crippen LogP contribution in [0.4, 0.5) is 0 Å². The zero-order valence-electron chi connectivity index (χ0n) is 18.1. The number of aryl methyl sites for hydroxylation is 2. The van der Waals surface area contributed by atoms with E-state index in [-0.39, 0.29) is 5.41 Å². The van der Waals surface area contributed by atoms with E-state index in [1.165, 1.54) is 53.6 Å². The topological polar surface area (TPSA) is 25.8 Å². The van der Waals surface area contributed by atoms with Crippen molar-refractivity contribution in [1.29, 1.82) is 0 Å². The zero-order chi connectivity index (χ0) is 21.2. The van der Waals surface area contributed by atoms with Crippen LogP contribution in [0.25, 0.3) is 42.6 Å². The van der Waals surface area contributed by atoms with Crippen LogP contribution < -0.4 is 0 Å². The number of benzene rings is 2. The van der Waals surface area contributed by atoms with Gasteiger partial charge < -0.3 is 0 Å². The molecule has 0 atom stereocenters. The minimum absolute atomic E-state index is 0.0577. The van der Waals surface area contributed by atoms with Gasteiger partial charge in [0.05, 0.1) is 5.69 Å². The van der Waals surface area contributed by atoms with E-state index >= 15 is 0 Å². The summed E-state index contributed by atoms with van der Waals surface area (Å²) in [4.78, 5) is 10.7. The Morgan fingerprint density at radius 3 is 2.68 bits per heavy atom. The van der Waals surface area contributed by atoms with Crippen molar-refractivity contribution in [3.8, 4) is 21.7 Å². The van der Waals surface area contributed by atoms with E-state index in [1.54, 1.807) is 0 Å². The van der Waals surface area contributed by atoms with Crippen LogP contribution in [0.15, 0.2) is 67.1 Å². The molecular weight excluding hydrogens is 396 g/mol. The predicted octanol–water partition coefficient (Wildman–Crippen LogP) is 7.57. The lowest BCUT2D eigenvalue weighted by Crippen LogP contribution is -2.12. The fourth-order valence-corrected chi connectivity index (χ4v) is 6.25. The fourth-order valence-electron chi connectivity index (χ4n) is 4.95. The summed E-state index contributed by atoms with van der Waals surface area (Å²) in [6.45, 7) is 6.88. The summed E-state index contributed by atoms with van der Waals surface area (Å²) in [7, 11) is 0. The fraction of sp³-hybridized carbons (Fsp3) is 0.214. The predicted molar refractivity (Wildman–Crippen MR) is 132 cm³/mol. The van der Waals surface area contributed by atoms with Gasteiger partial charge in [-0.25, -0.2) is 0 Å². The molecule has 3 aromatic heterocycles. The monoisotopic (exact) mass is 420 g/mol. The summed E-state index contributed by atoms with van der Waals surface area (Å²) < 4.78 is 1.32. The molecule has 0 N–H and O–H groups in total. The molecule has 1 aliphatic rings. The van der Waals surface area contributed by atoms with Gasteiger partial charge in [-0.15, -0.1) is 11.3 Å². The number of thiophene rings is 1. The molecule has 1 aliphatic carbocycles. The molecule has 152 valence electrons. The van der Waals surface area contributed by atoms with Crippen LogP contribution in [0.1, 0.15) is 37.5 Å². The summed E-state index contributed by atoms with van der Waals surface area (Å²) in [6, 6.07) is 17.7. The largest absolute Gasteiger partial charge is 0.264 e. The van der Waals surface area contributed by atoms with Gasteiger partial charge in [0, 0.05) is 44.7 Å². The molecule has 2 nitrogen and oxygen atoms in total. The second-order valence-electron chi connectivity index (χ2n) is 9.47. The molecule has 0 aliphatic heterocycles. The summed E-state index contributed by atoms with van der Waals surface area (Å²) in [5.41, 5.74) is 7.90. The zero-order valence-corrected chi connectivity index (χ0v) is 18.9. The van der Waals surface area contributed by atoms with Gasteiger partial charge >= 0.3 is 0 Å². The first-order valence-corrected chi connectivity index (χ1v) is 11.7. The Labute approximate surface area is 186 Å². The SMILES string of the molecule is CC(C)(C)c1cc(-c2nccc3sc4c(c23)CCc2ccncc2-4)cc2ccccc12. The van der Waals surface area contributed by atoms with Crippen molar-refractivity contribution < 1.29 is 0 Å². The highest BCUT2D eigenvalue weighted by atomic mass is 32.1. The Balaban J connectivity index is 1.66. The average Bonchev–Trinajstić information content (AvgIpc) is 3.17. The maximum absolute atomic E-state index is 4.93. The molecular formula is C28H24N2S. The number of aromatic nitrogens is 2. The van der Waals surface area contributed by atoms with Gasteiger partial charge in [0.25, 0.3) is 0 Å². The summed E-state index contributed by atoms with van der Waals surface area (Å²) in [5, 5.41) is 3.94. The molecule has 3 heteroatoms. The highest BCUT2D eigenvalue weighted by Crippen LogP contribution is 2.46. The maximum Gasteiger partial charge on any atom is 0.0792 e. The van der Waals surface area contributed by atoms with Gasteiger partial charge in [0.2, 0.25) is 0 Å². The molecule has 0 unspecified atom stereocenters. The molecule has 6 rings (SSSR count). The standard InChI is InChI=1S/C28H24N2S/c1-28(2,3)23-15-19(14-18-6-4-5-7-20(18)23)26-25-21-9-8-17-10-12-29-16-22(17)27(21)31-24(25)11-13-30-26/h4-7,10-16H,8-9H2,1-3H3. The molecule has 0 fully saturated rings. The van der Waals surface area contributed by atoms with E-state index in [0.717, 1.165) is 18.5 Å². The van der Waals surface area contributed by atoms with Crippen LogP contribution in [0.5, 0.6) is 0 Å². The third kappa shape index (κ3) is 2.91. The normalized spacial score (nSPS) is 13.4. The van der Waals surface area contributed by atoms with E-state index in [4.69, 9.17) is 4.98 Å². The number of hydrogen-bond donors (Lipinski definition) is 0. The van der Waals surface area contributed by atoms with Crippen LogP contribution in [0, 0.1) is 0 Å². The Hall–Kier alpha value is -3.04. The van der Waals surface area contributed by atoms with Crippen molar-refractivity contribution in [3.63, 3.8) is 0 Å². The summed E-state index contributed by atoms with van der Waals surface area (Å²) in [6.07, 6.45) is 8.03. The van der Waals surface area contributed by atoms with Crippen LogP contribution in [-0.2, 0) is 18.3 Å². The van der Waals surface area contributed by atoms with Crippen LogP contribution in [0.2, 0.25) is 0 Å². The first-order valence-electron chi connectivity index (χ1n) is 10.9. The van der Waals surface area contributed by atoms with E-state index < -0.39 is 0 Å². The van der Waals surface area contributed by atoms with Crippen LogP contribution in [0.3, 0.4) is 0 Å². The Bertz CT molecular complexity index is 1470. The molecule has 0 spiro atoms. The van der Waals surface area contributed by atoms with E-state index in [9.17, 15) is 0 Å². The highest BCUT2D eigenvalue weighted by molar-refractivity contribution is 7.22. The maximum atomic E-state index is 4.93. The molecule has 0 radical (unpaired) electrons. The van der Waals surface area contributed by atoms with Gasteiger partial charge in [-0.1, -0.05) is 45.0 Å². The van der Waals surface area contributed by atoms with Crippen molar-refractivity contribution in [2.24, 2.45) is 0 Å². The van der Waals surface area contributed by atoms with E-state index in [1.807, 2.05) is 29.9 Å².